The number of hydrogen-bond donors (Lipinski definition) is 3. The number of amides is 3. The van der Waals surface area contributed by atoms with Gasteiger partial charge in [0.15, 0.2) is 0 Å². The third-order valence-corrected chi connectivity index (χ3v) is 4.96. The van der Waals surface area contributed by atoms with Crippen LogP contribution in [0.5, 0.6) is 0 Å². The normalized spacial score (nSPS) is 12.6. The van der Waals surface area contributed by atoms with E-state index < -0.39 is 48.7 Å². The minimum atomic E-state index is -1.41. The first kappa shape index (κ1) is 27.3. The average Bonchev–Trinajstić information content (AvgIpc) is 2.81. The van der Waals surface area contributed by atoms with Gasteiger partial charge < -0.3 is 25.4 Å². The Bertz CT molecular complexity index is 1040. The zero-order chi connectivity index (χ0) is 26.0. The van der Waals surface area contributed by atoms with E-state index in [1.54, 1.807) is 45.0 Å². The fourth-order valence-corrected chi connectivity index (χ4v) is 3.31. The molecule has 0 radical (unpaired) electrons. The molecule has 0 aliphatic rings. The summed E-state index contributed by atoms with van der Waals surface area (Å²) >= 11 is 0. The number of benzene rings is 2. The van der Waals surface area contributed by atoms with Crippen LogP contribution in [-0.4, -0.2) is 52.7 Å². The van der Waals surface area contributed by atoms with Crippen molar-refractivity contribution in [2.75, 3.05) is 13.2 Å². The number of aliphatic hydroxyl groups is 1. The number of carbonyl (C=O) groups excluding carboxylic acids is 3. The number of nitrogens with zero attached hydrogens (tertiary/aromatic N) is 2. The van der Waals surface area contributed by atoms with E-state index >= 15 is 0 Å². The Morgan fingerprint density at radius 1 is 1.09 bits per heavy atom. The Morgan fingerprint density at radius 2 is 1.71 bits per heavy atom. The van der Waals surface area contributed by atoms with E-state index in [4.69, 9.17) is 4.74 Å². The second kappa shape index (κ2) is 12.5. The van der Waals surface area contributed by atoms with Gasteiger partial charge in [0.05, 0.1) is 12.7 Å². The Kier molecular flexibility index (Phi) is 9.79. The van der Waals surface area contributed by atoms with Crippen molar-refractivity contribution in [1.82, 2.24) is 15.5 Å². The minimum absolute atomic E-state index is 0.218. The number of rotatable bonds is 9. The first-order valence-corrected chi connectivity index (χ1v) is 11.2. The first-order valence-electron chi connectivity index (χ1n) is 11.2. The van der Waals surface area contributed by atoms with Crippen molar-refractivity contribution in [1.29, 1.82) is 5.26 Å². The zero-order valence-electron chi connectivity index (χ0n) is 20.4. The molecule has 2 atom stereocenters. The highest BCUT2D eigenvalue weighted by atomic mass is 16.6. The highest BCUT2D eigenvalue weighted by Crippen LogP contribution is 2.23. The van der Waals surface area contributed by atoms with Gasteiger partial charge in [0.25, 0.3) is 0 Å². The van der Waals surface area contributed by atoms with Gasteiger partial charge in [0, 0.05) is 6.54 Å². The van der Waals surface area contributed by atoms with Crippen molar-refractivity contribution < 1.29 is 24.2 Å². The molecule has 0 saturated carbocycles. The maximum Gasteiger partial charge on any atom is 0.408 e. The fraction of sp³-hybridized carbons (Fsp3) is 0.385. The van der Waals surface area contributed by atoms with Gasteiger partial charge in [0.2, 0.25) is 11.8 Å². The van der Waals surface area contributed by atoms with Crippen LogP contribution >= 0.6 is 0 Å². The number of carbonyl (C=O) groups is 3. The van der Waals surface area contributed by atoms with Gasteiger partial charge in [-0.1, -0.05) is 60.2 Å². The van der Waals surface area contributed by atoms with Crippen molar-refractivity contribution in [3.63, 3.8) is 0 Å². The minimum Gasteiger partial charge on any atom is -0.444 e. The van der Waals surface area contributed by atoms with Crippen LogP contribution in [0.3, 0.4) is 0 Å². The standard InChI is InChI=1S/C26H32N4O5/c1-18-10-12-20(13-11-18)22(23(32)28-16-19-8-6-5-7-9-19)30(15-14-27)24(33)21(17-31)29-25(34)35-26(2,3)4/h5-13,21-22,31H,15-17H2,1-4H3,(H,28,32)(H,29,34). The summed E-state index contributed by atoms with van der Waals surface area (Å²) in [5.41, 5.74) is 1.48. The van der Waals surface area contributed by atoms with Crippen LogP contribution < -0.4 is 10.6 Å². The number of hydrogen-bond acceptors (Lipinski definition) is 6. The molecular formula is C26H32N4O5. The number of nitrogens with one attached hydrogen (secondary N) is 2. The fourth-order valence-electron chi connectivity index (χ4n) is 3.31. The molecule has 2 rings (SSSR count). The zero-order valence-corrected chi connectivity index (χ0v) is 20.4. The number of aliphatic hydroxyl groups excluding tert-OH is 1. The molecule has 186 valence electrons. The van der Waals surface area contributed by atoms with Gasteiger partial charge in [-0.3, -0.25) is 9.59 Å². The van der Waals surface area contributed by atoms with E-state index in [9.17, 15) is 24.8 Å². The van der Waals surface area contributed by atoms with Crippen LogP contribution in [0, 0.1) is 18.3 Å². The predicted molar refractivity (Wildman–Crippen MR) is 130 cm³/mol. The summed E-state index contributed by atoms with van der Waals surface area (Å²) in [5, 5.41) is 24.4. The molecule has 35 heavy (non-hydrogen) atoms. The van der Waals surface area contributed by atoms with Crippen LogP contribution in [0.4, 0.5) is 4.79 Å². The molecule has 2 aromatic carbocycles. The summed E-state index contributed by atoms with van der Waals surface area (Å²) in [6, 6.07) is 15.6. The van der Waals surface area contributed by atoms with E-state index in [2.05, 4.69) is 10.6 Å². The molecule has 3 amide bonds. The molecule has 2 unspecified atom stereocenters. The lowest BCUT2D eigenvalue weighted by molar-refractivity contribution is -0.142. The van der Waals surface area contributed by atoms with E-state index in [0.29, 0.717) is 5.56 Å². The molecule has 9 heteroatoms. The molecule has 2 aromatic rings. The van der Waals surface area contributed by atoms with Gasteiger partial charge in [0.1, 0.15) is 24.2 Å². The third-order valence-electron chi connectivity index (χ3n) is 4.96. The average molecular weight is 481 g/mol. The SMILES string of the molecule is Cc1ccc(C(C(=O)NCc2ccccc2)N(CC#N)C(=O)C(CO)NC(=O)OC(C)(C)C)cc1. The maximum atomic E-state index is 13.4. The van der Waals surface area contributed by atoms with Crippen molar-refractivity contribution in [3.05, 3.63) is 71.3 Å². The van der Waals surface area contributed by atoms with Crippen LogP contribution in [0.2, 0.25) is 0 Å². The highest BCUT2D eigenvalue weighted by Gasteiger charge is 2.36. The smallest absolute Gasteiger partial charge is 0.408 e. The topological polar surface area (TPSA) is 132 Å². The van der Waals surface area contributed by atoms with Crippen molar-refractivity contribution >= 4 is 17.9 Å². The molecule has 0 heterocycles. The maximum absolute atomic E-state index is 13.4. The number of aryl methyl sites for hydroxylation is 1. The summed E-state index contributed by atoms with van der Waals surface area (Å²) in [6.45, 7) is 5.91. The number of ether oxygens (including phenoxy) is 1. The van der Waals surface area contributed by atoms with Gasteiger partial charge in [-0.15, -0.1) is 0 Å². The Morgan fingerprint density at radius 3 is 2.26 bits per heavy atom. The molecule has 0 spiro atoms. The second-order valence-electron chi connectivity index (χ2n) is 9.02. The summed E-state index contributed by atoms with van der Waals surface area (Å²) < 4.78 is 5.18. The van der Waals surface area contributed by atoms with Gasteiger partial charge in [-0.25, -0.2) is 4.79 Å². The van der Waals surface area contributed by atoms with Crippen molar-refractivity contribution in [2.24, 2.45) is 0 Å². The number of nitriles is 1. The summed E-state index contributed by atoms with van der Waals surface area (Å²) in [4.78, 5) is 40.0. The Labute approximate surface area is 205 Å². The number of alkyl carbamates (subject to hydrolysis) is 1. The Hall–Kier alpha value is -3.90. The lowest BCUT2D eigenvalue weighted by atomic mass is 10.0. The molecule has 0 bridgehead atoms. The van der Waals surface area contributed by atoms with Gasteiger partial charge in [-0.2, -0.15) is 5.26 Å². The molecule has 0 fully saturated rings. The lowest BCUT2D eigenvalue weighted by Crippen LogP contribution is -2.54. The summed E-state index contributed by atoms with van der Waals surface area (Å²) in [5.74, 6) is -1.30. The summed E-state index contributed by atoms with van der Waals surface area (Å²) in [7, 11) is 0. The monoisotopic (exact) mass is 480 g/mol. The quantitative estimate of drug-likeness (QED) is 0.473. The van der Waals surface area contributed by atoms with Gasteiger partial charge in [-0.05, 0) is 38.8 Å². The molecule has 0 aliphatic heterocycles. The molecule has 3 N–H and O–H groups in total. The van der Waals surface area contributed by atoms with Crippen molar-refractivity contribution in [2.45, 2.75) is 51.9 Å². The molecule has 9 nitrogen and oxygen atoms in total. The second-order valence-corrected chi connectivity index (χ2v) is 9.02. The molecule has 0 aromatic heterocycles. The summed E-state index contributed by atoms with van der Waals surface area (Å²) in [6.07, 6.45) is -0.901. The van der Waals surface area contributed by atoms with E-state index in [-0.39, 0.29) is 6.54 Å². The van der Waals surface area contributed by atoms with Gasteiger partial charge >= 0.3 is 6.09 Å². The molecule has 0 aliphatic carbocycles. The highest BCUT2D eigenvalue weighted by molar-refractivity contribution is 5.92. The Balaban J connectivity index is 2.35. The molecule has 0 saturated heterocycles. The van der Waals surface area contributed by atoms with Crippen LogP contribution in [0.15, 0.2) is 54.6 Å². The predicted octanol–water partition coefficient (Wildman–Crippen LogP) is 2.59. The van der Waals surface area contributed by atoms with Crippen LogP contribution in [0.25, 0.3) is 0 Å². The van der Waals surface area contributed by atoms with E-state index in [1.807, 2.05) is 43.3 Å². The first-order chi connectivity index (χ1) is 16.6. The largest absolute Gasteiger partial charge is 0.444 e. The van der Waals surface area contributed by atoms with Crippen LogP contribution in [-0.2, 0) is 20.9 Å². The molecular weight excluding hydrogens is 448 g/mol. The van der Waals surface area contributed by atoms with Crippen LogP contribution in [0.1, 0.15) is 43.5 Å². The van der Waals surface area contributed by atoms with E-state index in [0.717, 1.165) is 16.0 Å². The van der Waals surface area contributed by atoms with E-state index in [1.165, 1.54) is 0 Å². The van der Waals surface area contributed by atoms with Crippen molar-refractivity contribution in [3.8, 4) is 6.07 Å². The third kappa shape index (κ3) is 8.43. The lowest BCUT2D eigenvalue weighted by Gasteiger charge is -2.32.